The van der Waals surface area contributed by atoms with E-state index in [4.69, 9.17) is 4.74 Å². The van der Waals surface area contributed by atoms with Crippen molar-refractivity contribution in [1.82, 2.24) is 10.2 Å². The largest absolute Gasteiger partial charge is 0.497 e. The number of fused-ring (bicyclic) bond motifs is 5. The molecule has 7 nitrogen and oxygen atoms in total. The third kappa shape index (κ3) is 3.19. The zero-order chi connectivity index (χ0) is 22.2. The number of rotatable bonds is 5. The molecule has 2 heterocycles. The molecule has 1 N–H and O–H groups in total. The van der Waals surface area contributed by atoms with Gasteiger partial charge in [0.05, 0.1) is 18.4 Å². The molecule has 2 aliphatic heterocycles. The summed E-state index contributed by atoms with van der Waals surface area (Å²) < 4.78 is 5.15. The van der Waals surface area contributed by atoms with E-state index in [9.17, 15) is 14.4 Å². The van der Waals surface area contributed by atoms with Gasteiger partial charge in [-0.2, -0.15) is 0 Å². The van der Waals surface area contributed by atoms with Gasteiger partial charge in [-0.05, 0) is 35.9 Å². The molecule has 0 saturated carbocycles. The number of amides is 3. The molecule has 32 heavy (non-hydrogen) atoms. The third-order valence-corrected chi connectivity index (χ3v) is 5.85. The van der Waals surface area contributed by atoms with E-state index in [-0.39, 0.29) is 24.3 Å². The Hall–Kier alpha value is -4.13. The van der Waals surface area contributed by atoms with Crippen LogP contribution in [0.25, 0.3) is 0 Å². The molecule has 3 aromatic carbocycles. The maximum atomic E-state index is 13.4. The average Bonchev–Trinajstić information content (AvgIpc) is 3.13. The van der Waals surface area contributed by atoms with Crippen LogP contribution in [0.5, 0.6) is 5.75 Å². The summed E-state index contributed by atoms with van der Waals surface area (Å²) in [6.45, 7) is 0.164. The second-order valence-corrected chi connectivity index (χ2v) is 7.71. The summed E-state index contributed by atoms with van der Waals surface area (Å²) in [5.41, 5.74) is 3.16. The monoisotopic (exact) mass is 427 g/mol. The van der Waals surface area contributed by atoms with Gasteiger partial charge in [-0.1, -0.05) is 42.5 Å². The quantitative estimate of drug-likeness (QED) is 0.679. The summed E-state index contributed by atoms with van der Waals surface area (Å²) in [7, 11) is 1.60. The van der Waals surface area contributed by atoms with Crippen LogP contribution in [-0.4, -0.2) is 36.3 Å². The summed E-state index contributed by atoms with van der Waals surface area (Å²) in [6, 6.07) is 21.6. The molecule has 0 spiro atoms. The molecule has 3 aromatic rings. The van der Waals surface area contributed by atoms with Gasteiger partial charge in [-0.25, -0.2) is 0 Å². The first kappa shape index (κ1) is 19.8. The fourth-order valence-electron chi connectivity index (χ4n) is 4.29. The Balaban J connectivity index is 1.42. The van der Waals surface area contributed by atoms with Gasteiger partial charge in [0.25, 0.3) is 11.8 Å². The standard InChI is InChI=1S/C25H21N3O4/c1-32-17-12-10-16(11-13-17)14-26-22(29)15-27-23-18-6-2-3-7-19(18)25(31)28(23)21-9-5-4-8-20(21)24(27)30/h2-13,23H,14-15H2,1H3,(H,26,29). The SMILES string of the molecule is COc1ccc(CNC(=O)CN2C(=O)c3ccccc3N3C(=O)c4ccccc4C23)cc1. The molecule has 1 unspecified atom stereocenters. The molecule has 2 aliphatic rings. The maximum Gasteiger partial charge on any atom is 0.260 e. The van der Waals surface area contributed by atoms with Gasteiger partial charge in [0, 0.05) is 17.7 Å². The summed E-state index contributed by atoms with van der Waals surface area (Å²) >= 11 is 0. The van der Waals surface area contributed by atoms with Gasteiger partial charge in [0.2, 0.25) is 5.91 Å². The van der Waals surface area contributed by atoms with Crippen molar-refractivity contribution in [2.45, 2.75) is 12.7 Å². The Labute approximate surface area is 185 Å². The minimum Gasteiger partial charge on any atom is -0.497 e. The smallest absolute Gasteiger partial charge is 0.260 e. The lowest BCUT2D eigenvalue weighted by Crippen LogP contribution is -2.51. The normalized spacial score (nSPS) is 16.3. The molecule has 0 aromatic heterocycles. The maximum absolute atomic E-state index is 13.4. The molecular weight excluding hydrogens is 406 g/mol. The zero-order valence-corrected chi connectivity index (χ0v) is 17.4. The van der Waals surface area contributed by atoms with Crippen LogP contribution in [-0.2, 0) is 11.3 Å². The first-order valence-electron chi connectivity index (χ1n) is 10.3. The van der Waals surface area contributed by atoms with Crippen molar-refractivity contribution in [1.29, 1.82) is 0 Å². The molecule has 0 saturated heterocycles. The number of anilines is 1. The van der Waals surface area contributed by atoms with Gasteiger partial charge >= 0.3 is 0 Å². The number of methoxy groups -OCH3 is 1. The van der Waals surface area contributed by atoms with Crippen LogP contribution in [0, 0.1) is 0 Å². The number of carbonyl (C=O) groups excluding carboxylic acids is 3. The Morgan fingerprint density at radius 2 is 1.59 bits per heavy atom. The van der Waals surface area contributed by atoms with Crippen molar-refractivity contribution >= 4 is 23.4 Å². The van der Waals surface area contributed by atoms with Gasteiger partial charge in [-0.3, -0.25) is 19.3 Å². The van der Waals surface area contributed by atoms with Gasteiger partial charge in [0.15, 0.2) is 0 Å². The number of hydrogen-bond donors (Lipinski definition) is 1. The topological polar surface area (TPSA) is 79.0 Å². The highest BCUT2D eigenvalue weighted by Gasteiger charge is 2.47. The van der Waals surface area contributed by atoms with E-state index in [0.29, 0.717) is 23.4 Å². The number of carbonyl (C=O) groups is 3. The predicted molar refractivity (Wildman–Crippen MR) is 118 cm³/mol. The van der Waals surface area contributed by atoms with Crippen molar-refractivity contribution in [3.05, 3.63) is 95.1 Å². The van der Waals surface area contributed by atoms with E-state index in [1.165, 1.54) is 4.90 Å². The molecule has 0 fully saturated rings. The van der Waals surface area contributed by atoms with Gasteiger partial charge in [0.1, 0.15) is 18.5 Å². The minimum atomic E-state index is -0.646. The highest BCUT2D eigenvalue weighted by Crippen LogP contribution is 2.44. The van der Waals surface area contributed by atoms with Crippen LogP contribution >= 0.6 is 0 Å². The van der Waals surface area contributed by atoms with Crippen LogP contribution in [0.15, 0.2) is 72.8 Å². The van der Waals surface area contributed by atoms with Crippen molar-refractivity contribution in [3.63, 3.8) is 0 Å². The predicted octanol–water partition coefficient (Wildman–Crippen LogP) is 3.13. The number of ether oxygens (including phenoxy) is 1. The van der Waals surface area contributed by atoms with Crippen LogP contribution in [0.1, 0.15) is 38.0 Å². The second kappa shape index (κ2) is 7.85. The average molecular weight is 427 g/mol. The summed E-state index contributed by atoms with van der Waals surface area (Å²) in [5, 5.41) is 2.87. The van der Waals surface area contributed by atoms with Gasteiger partial charge in [-0.15, -0.1) is 0 Å². The lowest BCUT2D eigenvalue weighted by atomic mass is 10.0. The molecule has 7 heteroatoms. The number of para-hydroxylation sites is 1. The molecule has 3 amide bonds. The highest BCUT2D eigenvalue weighted by atomic mass is 16.5. The number of benzene rings is 3. The van der Waals surface area contributed by atoms with Crippen molar-refractivity contribution in [2.24, 2.45) is 0 Å². The Morgan fingerprint density at radius 1 is 0.906 bits per heavy atom. The fourth-order valence-corrected chi connectivity index (χ4v) is 4.29. The summed E-state index contributed by atoms with van der Waals surface area (Å²) in [6.07, 6.45) is -0.646. The molecule has 0 bridgehead atoms. The van der Waals surface area contributed by atoms with E-state index < -0.39 is 6.17 Å². The van der Waals surface area contributed by atoms with Crippen LogP contribution in [0.4, 0.5) is 5.69 Å². The first-order chi connectivity index (χ1) is 15.6. The fraction of sp³-hybridized carbons (Fsp3) is 0.160. The molecule has 5 rings (SSSR count). The lowest BCUT2D eigenvalue weighted by Gasteiger charge is -2.40. The number of nitrogens with one attached hydrogen (secondary N) is 1. The third-order valence-electron chi connectivity index (χ3n) is 5.85. The molecule has 0 radical (unpaired) electrons. The zero-order valence-electron chi connectivity index (χ0n) is 17.4. The van der Waals surface area contributed by atoms with Crippen LogP contribution < -0.4 is 15.0 Å². The lowest BCUT2D eigenvalue weighted by molar-refractivity contribution is -0.122. The van der Waals surface area contributed by atoms with Crippen LogP contribution in [0.3, 0.4) is 0 Å². The highest BCUT2D eigenvalue weighted by molar-refractivity contribution is 6.17. The Bertz CT molecular complexity index is 1220. The van der Waals surface area contributed by atoms with Crippen molar-refractivity contribution < 1.29 is 19.1 Å². The number of hydrogen-bond acceptors (Lipinski definition) is 4. The molecule has 1 atom stereocenters. The Kier molecular flexibility index (Phi) is 4.86. The minimum absolute atomic E-state index is 0.161. The first-order valence-corrected chi connectivity index (χ1v) is 10.3. The van der Waals surface area contributed by atoms with Crippen molar-refractivity contribution in [2.75, 3.05) is 18.6 Å². The second-order valence-electron chi connectivity index (χ2n) is 7.71. The summed E-state index contributed by atoms with van der Waals surface area (Å²) in [5.74, 6) is -0.00668. The van der Waals surface area contributed by atoms with Crippen LogP contribution in [0.2, 0.25) is 0 Å². The van der Waals surface area contributed by atoms with E-state index >= 15 is 0 Å². The Morgan fingerprint density at radius 3 is 2.34 bits per heavy atom. The molecule has 0 aliphatic carbocycles. The van der Waals surface area contributed by atoms with Crippen molar-refractivity contribution in [3.8, 4) is 5.75 Å². The molecule has 160 valence electrons. The van der Waals surface area contributed by atoms with E-state index in [0.717, 1.165) is 16.9 Å². The van der Waals surface area contributed by atoms with E-state index in [1.807, 2.05) is 36.4 Å². The van der Waals surface area contributed by atoms with E-state index in [1.54, 1.807) is 48.4 Å². The van der Waals surface area contributed by atoms with Gasteiger partial charge < -0.3 is 15.0 Å². The number of nitrogens with zero attached hydrogens (tertiary/aromatic N) is 2. The van der Waals surface area contributed by atoms with E-state index in [2.05, 4.69) is 5.32 Å². The molecular formula is C25H21N3O4. The summed E-state index contributed by atoms with van der Waals surface area (Å²) in [4.78, 5) is 42.4.